The van der Waals surface area contributed by atoms with Crippen LogP contribution in [-0.2, 0) is 0 Å². The molecule has 0 bridgehead atoms. The van der Waals surface area contributed by atoms with Crippen LogP contribution < -0.4 is 0 Å². The summed E-state index contributed by atoms with van der Waals surface area (Å²) in [5.74, 6) is 0. The van der Waals surface area contributed by atoms with E-state index in [4.69, 9.17) is 0 Å². The van der Waals surface area contributed by atoms with Crippen LogP contribution in [-0.4, -0.2) is 0 Å². The highest BCUT2D eigenvalue weighted by atomic mass is 32.1. The lowest BCUT2D eigenvalue weighted by Crippen LogP contribution is -1.86. The Morgan fingerprint density at radius 1 is 0.913 bits per heavy atom. The van der Waals surface area contributed by atoms with Crippen LogP contribution >= 0.6 is 11.3 Å². The number of hydrogen-bond donors (Lipinski definition) is 0. The highest BCUT2D eigenvalue weighted by Gasteiger charge is 2.15. The average molecular weight is 318 g/mol. The van der Waals surface area contributed by atoms with Crippen LogP contribution in [0.25, 0.3) is 21.2 Å². The Labute approximate surface area is 143 Å². The first-order chi connectivity index (χ1) is 11.3. The summed E-state index contributed by atoms with van der Waals surface area (Å²) >= 11 is 1.82. The summed E-state index contributed by atoms with van der Waals surface area (Å²) in [7, 11) is 0. The molecule has 0 saturated heterocycles. The fourth-order valence-corrected chi connectivity index (χ4v) is 3.81. The van der Waals surface area contributed by atoms with Crippen LogP contribution in [0.4, 0.5) is 0 Å². The van der Waals surface area contributed by atoms with Gasteiger partial charge in [0.2, 0.25) is 0 Å². The molecule has 0 aliphatic heterocycles. The zero-order chi connectivity index (χ0) is 16.7. The maximum atomic E-state index is 3.87. The Morgan fingerprint density at radius 2 is 1.52 bits per heavy atom. The van der Waals surface area contributed by atoms with Gasteiger partial charge in [-0.1, -0.05) is 80.0 Å². The van der Waals surface area contributed by atoms with E-state index < -0.39 is 0 Å². The average Bonchev–Trinajstić information content (AvgIpc) is 2.93. The van der Waals surface area contributed by atoms with Crippen LogP contribution in [0.1, 0.15) is 24.3 Å². The third-order valence-electron chi connectivity index (χ3n) is 3.43. The number of allylic oxidation sites excluding steroid dienone is 10. The molecule has 116 valence electrons. The number of hydrogen-bond acceptors (Lipinski definition) is 1. The van der Waals surface area contributed by atoms with E-state index in [0.29, 0.717) is 0 Å². The van der Waals surface area contributed by atoms with E-state index in [1.807, 2.05) is 37.3 Å². The normalized spacial score (nSPS) is 13.3. The molecule has 0 radical (unpaired) electrons. The Bertz CT molecular complexity index is 823. The van der Waals surface area contributed by atoms with Crippen molar-refractivity contribution >= 4 is 32.6 Å². The van der Waals surface area contributed by atoms with E-state index in [0.717, 1.165) is 0 Å². The lowest BCUT2D eigenvalue weighted by molar-refractivity contribution is 1.67. The van der Waals surface area contributed by atoms with Gasteiger partial charge in [0.1, 0.15) is 0 Å². The molecule has 1 heteroatoms. The molecule has 0 aliphatic carbocycles. The summed E-state index contributed by atoms with van der Waals surface area (Å²) in [5, 5.41) is 1.28. The molecular weight excluding hydrogens is 296 g/mol. The highest BCUT2D eigenvalue weighted by molar-refractivity contribution is 7.20. The van der Waals surface area contributed by atoms with E-state index in [9.17, 15) is 0 Å². The van der Waals surface area contributed by atoms with Gasteiger partial charge in [0, 0.05) is 20.5 Å². The second-order valence-electron chi connectivity index (χ2n) is 5.02. The predicted molar refractivity (Wildman–Crippen MR) is 108 cm³/mol. The monoisotopic (exact) mass is 318 g/mol. The SMILES string of the molecule is C=C/C=C(\C=C/C)c1sc2ccccc2c1C(/C=C\C)=C/C=C. The molecule has 1 heterocycles. The number of rotatable bonds is 6. The Balaban J connectivity index is 2.86. The molecule has 0 fully saturated rings. The lowest BCUT2D eigenvalue weighted by atomic mass is 9.97. The first-order valence-electron chi connectivity index (χ1n) is 7.69. The van der Waals surface area contributed by atoms with E-state index in [2.05, 4.69) is 73.9 Å². The lowest BCUT2D eigenvalue weighted by Gasteiger charge is -2.07. The van der Waals surface area contributed by atoms with Crippen molar-refractivity contribution in [1.82, 2.24) is 0 Å². The summed E-state index contributed by atoms with van der Waals surface area (Å²) in [5.41, 5.74) is 3.61. The summed E-state index contributed by atoms with van der Waals surface area (Å²) < 4.78 is 1.29. The van der Waals surface area contributed by atoms with Crippen LogP contribution in [0.15, 0.2) is 86.0 Å². The smallest absolute Gasteiger partial charge is 0.0433 e. The summed E-state index contributed by atoms with van der Waals surface area (Å²) in [6.45, 7) is 11.8. The molecule has 0 aliphatic rings. The van der Waals surface area contributed by atoms with Crippen molar-refractivity contribution in [2.45, 2.75) is 13.8 Å². The van der Waals surface area contributed by atoms with E-state index in [1.54, 1.807) is 0 Å². The van der Waals surface area contributed by atoms with Crippen LogP contribution in [0.2, 0.25) is 0 Å². The maximum Gasteiger partial charge on any atom is 0.0433 e. The quantitative estimate of drug-likeness (QED) is 0.494. The van der Waals surface area contributed by atoms with E-state index >= 15 is 0 Å². The molecule has 0 spiro atoms. The largest absolute Gasteiger partial charge is 0.135 e. The third-order valence-corrected chi connectivity index (χ3v) is 4.65. The minimum atomic E-state index is 1.18. The summed E-state index contributed by atoms with van der Waals surface area (Å²) in [4.78, 5) is 1.26. The molecule has 2 aromatic rings. The molecule has 0 amide bonds. The molecule has 1 aromatic heterocycles. The van der Waals surface area contributed by atoms with Crippen molar-refractivity contribution in [1.29, 1.82) is 0 Å². The minimum Gasteiger partial charge on any atom is -0.135 e. The Kier molecular flexibility index (Phi) is 6.13. The molecule has 0 N–H and O–H groups in total. The van der Waals surface area contributed by atoms with Crippen LogP contribution in [0.3, 0.4) is 0 Å². The van der Waals surface area contributed by atoms with Gasteiger partial charge in [-0.2, -0.15) is 0 Å². The first kappa shape index (κ1) is 17.0. The van der Waals surface area contributed by atoms with Crippen molar-refractivity contribution < 1.29 is 0 Å². The molecule has 0 atom stereocenters. The van der Waals surface area contributed by atoms with Gasteiger partial charge in [0.05, 0.1) is 0 Å². The van der Waals surface area contributed by atoms with Crippen molar-refractivity contribution in [3.05, 3.63) is 96.5 Å². The van der Waals surface area contributed by atoms with Crippen molar-refractivity contribution in [2.24, 2.45) is 0 Å². The van der Waals surface area contributed by atoms with Crippen LogP contribution in [0, 0.1) is 0 Å². The molecule has 0 saturated carbocycles. The fraction of sp³-hybridized carbons (Fsp3) is 0.0909. The standard InChI is InChI=1S/C22H22S/c1-5-11-17(12-6-2)21-19-15-9-10-16-20(19)23-22(21)18(13-7-3)14-8-4/h5-16H,1,3H2,2,4H3/b12-6-,14-8-,17-11+,18-13+. The molecule has 0 unspecified atom stereocenters. The first-order valence-corrected chi connectivity index (χ1v) is 8.51. The number of benzene rings is 1. The summed E-state index contributed by atoms with van der Waals surface area (Å²) in [6, 6.07) is 8.54. The molecular formula is C22H22S. The molecule has 23 heavy (non-hydrogen) atoms. The second-order valence-corrected chi connectivity index (χ2v) is 6.07. The number of thiophene rings is 1. The maximum absolute atomic E-state index is 3.87. The zero-order valence-corrected chi connectivity index (χ0v) is 14.6. The van der Waals surface area contributed by atoms with Gasteiger partial charge >= 0.3 is 0 Å². The third kappa shape index (κ3) is 3.69. The van der Waals surface area contributed by atoms with Gasteiger partial charge in [-0.25, -0.2) is 0 Å². The molecule has 0 nitrogen and oxygen atoms in total. The Morgan fingerprint density at radius 3 is 2.17 bits per heavy atom. The van der Waals surface area contributed by atoms with Gasteiger partial charge < -0.3 is 0 Å². The predicted octanol–water partition coefficient (Wildman–Crippen LogP) is 7.19. The minimum absolute atomic E-state index is 1.18. The van der Waals surface area contributed by atoms with Crippen molar-refractivity contribution in [3.63, 3.8) is 0 Å². The van der Waals surface area contributed by atoms with E-state index in [1.165, 1.54) is 31.7 Å². The molecule has 2 rings (SSSR count). The van der Waals surface area contributed by atoms with Gasteiger partial charge in [0.25, 0.3) is 0 Å². The Hall–Kier alpha value is -2.38. The topological polar surface area (TPSA) is 0 Å². The van der Waals surface area contributed by atoms with Crippen LogP contribution in [0.5, 0.6) is 0 Å². The number of fused-ring (bicyclic) bond motifs is 1. The zero-order valence-electron chi connectivity index (χ0n) is 13.8. The summed E-state index contributed by atoms with van der Waals surface area (Å²) in [6.07, 6.45) is 16.2. The fourth-order valence-electron chi connectivity index (χ4n) is 2.58. The van der Waals surface area contributed by atoms with Gasteiger partial charge in [0.15, 0.2) is 0 Å². The second kappa shape index (κ2) is 8.30. The van der Waals surface area contributed by atoms with Gasteiger partial charge in [-0.05, 0) is 31.1 Å². The van der Waals surface area contributed by atoms with Gasteiger partial charge in [-0.15, -0.1) is 11.3 Å². The molecule has 1 aromatic carbocycles. The van der Waals surface area contributed by atoms with Crippen molar-refractivity contribution in [3.8, 4) is 0 Å². The highest BCUT2D eigenvalue weighted by Crippen LogP contribution is 2.40. The van der Waals surface area contributed by atoms with Gasteiger partial charge in [-0.3, -0.25) is 0 Å². The van der Waals surface area contributed by atoms with E-state index in [-0.39, 0.29) is 0 Å². The van der Waals surface area contributed by atoms with Crippen molar-refractivity contribution in [2.75, 3.05) is 0 Å².